The molecule has 4 atom stereocenters. The summed E-state index contributed by atoms with van der Waals surface area (Å²) in [6, 6.07) is 0. The molecule has 0 spiro atoms. The molecule has 4 N–H and O–H groups in total. The van der Waals surface area contributed by atoms with Crippen LogP contribution in [0.25, 0.3) is 0 Å². The standard InChI is InChI=1S/C14H17F3N2O7/c1-6-5-19(12(25)18-11(6)24)14(17)13(15,16)10(23)9(26-14)7(20)3-2-4-8(21)22/h5,7,9-10,20,23H,2-4H2,1H3,(H,21,22)(H,18,24,25)/t7?,9-,10-,14+/m1/s1. The van der Waals surface area contributed by atoms with Crippen molar-refractivity contribution in [2.75, 3.05) is 0 Å². The molecule has 1 unspecified atom stereocenters. The largest absolute Gasteiger partial charge is 0.481 e. The highest BCUT2D eigenvalue weighted by molar-refractivity contribution is 5.66. The number of hydrogen-bond donors (Lipinski definition) is 4. The van der Waals surface area contributed by atoms with E-state index >= 15 is 4.39 Å². The highest BCUT2D eigenvalue weighted by atomic mass is 19.3. The number of aliphatic carboxylic acids is 1. The summed E-state index contributed by atoms with van der Waals surface area (Å²) in [6.45, 7) is 1.14. The lowest BCUT2D eigenvalue weighted by molar-refractivity contribution is -0.299. The van der Waals surface area contributed by atoms with Gasteiger partial charge in [0.25, 0.3) is 5.56 Å². The van der Waals surface area contributed by atoms with E-state index in [4.69, 9.17) is 5.11 Å². The third-order valence-electron chi connectivity index (χ3n) is 4.09. The van der Waals surface area contributed by atoms with Gasteiger partial charge in [-0.3, -0.25) is 14.6 Å². The summed E-state index contributed by atoms with van der Waals surface area (Å²) in [6.07, 6.45) is -7.11. The molecule has 0 aliphatic carbocycles. The number of alkyl halides is 3. The number of H-pyrrole nitrogens is 1. The zero-order valence-electron chi connectivity index (χ0n) is 13.5. The van der Waals surface area contributed by atoms with E-state index in [-0.39, 0.29) is 29.4 Å². The maximum Gasteiger partial charge on any atom is 0.365 e. The minimum Gasteiger partial charge on any atom is -0.481 e. The molecule has 1 aromatic rings. The number of aromatic nitrogens is 2. The molecule has 0 amide bonds. The Bertz CT molecular complexity index is 808. The Hall–Kier alpha value is -2.18. The van der Waals surface area contributed by atoms with E-state index < -0.39 is 47.4 Å². The zero-order chi connectivity index (χ0) is 19.9. The summed E-state index contributed by atoms with van der Waals surface area (Å²) >= 11 is 0. The van der Waals surface area contributed by atoms with E-state index in [9.17, 15) is 33.4 Å². The van der Waals surface area contributed by atoms with Gasteiger partial charge in [0.1, 0.15) is 6.10 Å². The molecule has 0 saturated carbocycles. The van der Waals surface area contributed by atoms with Crippen molar-refractivity contribution >= 4 is 5.97 Å². The predicted octanol–water partition coefficient (Wildman–Crippen LogP) is -0.564. The van der Waals surface area contributed by atoms with Gasteiger partial charge in [0.15, 0.2) is 6.10 Å². The summed E-state index contributed by atoms with van der Waals surface area (Å²) in [5.74, 6) is -9.98. The lowest BCUT2D eigenvalue weighted by Gasteiger charge is -2.27. The Morgan fingerprint density at radius 1 is 1.42 bits per heavy atom. The summed E-state index contributed by atoms with van der Waals surface area (Å²) in [4.78, 5) is 35.2. The van der Waals surface area contributed by atoms with E-state index in [1.807, 2.05) is 0 Å². The van der Waals surface area contributed by atoms with Crippen LogP contribution in [0.3, 0.4) is 0 Å². The minimum atomic E-state index is -4.64. The topological polar surface area (TPSA) is 142 Å². The summed E-state index contributed by atoms with van der Waals surface area (Å²) in [5, 5.41) is 28.1. The van der Waals surface area contributed by atoms with Crippen LogP contribution in [0.4, 0.5) is 13.2 Å². The first-order valence-electron chi connectivity index (χ1n) is 7.57. The Morgan fingerprint density at radius 2 is 2.04 bits per heavy atom. The van der Waals surface area contributed by atoms with Crippen LogP contribution in [0.15, 0.2) is 15.8 Å². The second kappa shape index (κ2) is 6.85. The molecule has 2 heterocycles. The first-order valence-corrected chi connectivity index (χ1v) is 7.57. The monoisotopic (exact) mass is 382 g/mol. The lowest BCUT2D eigenvalue weighted by Crippen LogP contribution is -2.53. The number of aliphatic hydroxyl groups is 2. The summed E-state index contributed by atoms with van der Waals surface area (Å²) < 4.78 is 48.0. The predicted molar refractivity (Wildman–Crippen MR) is 78.5 cm³/mol. The molecule has 0 radical (unpaired) electrons. The molecule has 0 aromatic carbocycles. The van der Waals surface area contributed by atoms with Gasteiger partial charge in [-0.25, -0.2) is 9.36 Å². The third-order valence-corrected chi connectivity index (χ3v) is 4.09. The highest BCUT2D eigenvalue weighted by Gasteiger charge is 2.72. The van der Waals surface area contributed by atoms with Crippen molar-refractivity contribution in [2.24, 2.45) is 0 Å². The number of ether oxygens (including phenoxy) is 1. The van der Waals surface area contributed by atoms with Gasteiger partial charge in [0.2, 0.25) is 0 Å². The van der Waals surface area contributed by atoms with Gasteiger partial charge in [0, 0.05) is 18.2 Å². The van der Waals surface area contributed by atoms with Crippen molar-refractivity contribution in [3.05, 3.63) is 32.6 Å². The number of nitrogens with one attached hydrogen (secondary N) is 1. The van der Waals surface area contributed by atoms with Crippen LogP contribution >= 0.6 is 0 Å². The van der Waals surface area contributed by atoms with Crippen LogP contribution in [0.1, 0.15) is 24.8 Å². The number of hydrogen-bond acceptors (Lipinski definition) is 6. The van der Waals surface area contributed by atoms with Crippen molar-refractivity contribution in [1.29, 1.82) is 0 Å². The fourth-order valence-electron chi connectivity index (χ4n) is 2.63. The molecule has 1 aromatic heterocycles. The molecule has 2 rings (SSSR count). The number of rotatable bonds is 6. The maximum absolute atomic E-state index is 15.0. The van der Waals surface area contributed by atoms with Crippen LogP contribution in [0, 0.1) is 6.92 Å². The molecule has 9 nitrogen and oxygen atoms in total. The fraction of sp³-hybridized carbons (Fsp3) is 0.643. The molecule has 26 heavy (non-hydrogen) atoms. The van der Waals surface area contributed by atoms with Gasteiger partial charge >= 0.3 is 23.6 Å². The van der Waals surface area contributed by atoms with Crippen LogP contribution in [0.2, 0.25) is 0 Å². The van der Waals surface area contributed by atoms with Gasteiger partial charge < -0.3 is 20.1 Å². The van der Waals surface area contributed by atoms with Crippen molar-refractivity contribution in [2.45, 2.75) is 56.4 Å². The molecule has 0 bridgehead atoms. The van der Waals surface area contributed by atoms with Crippen molar-refractivity contribution in [1.82, 2.24) is 9.55 Å². The smallest absolute Gasteiger partial charge is 0.365 e. The number of halogens is 3. The maximum atomic E-state index is 15.0. The number of aryl methyl sites for hydroxylation is 1. The first-order chi connectivity index (χ1) is 11.9. The average molecular weight is 382 g/mol. The summed E-state index contributed by atoms with van der Waals surface area (Å²) in [5.41, 5.74) is -2.71. The third kappa shape index (κ3) is 3.27. The number of nitrogens with zero attached hydrogens (tertiary/aromatic N) is 1. The number of carboxylic acid groups (broad SMARTS) is 1. The number of carbonyl (C=O) groups is 1. The number of carboxylic acids is 1. The molecule has 1 saturated heterocycles. The van der Waals surface area contributed by atoms with E-state index in [1.165, 1.54) is 0 Å². The van der Waals surface area contributed by atoms with Crippen molar-refractivity contribution < 1.29 is 38.0 Å². The normalized spacial score (nSPS) is 28.8. The second-order valence-electron chi connectivity index (χ2n) is 6.01. The molecular weight excluding hydrogens is 365 g/mol. The molecule has 1 fully saturated rings. The molecule has 146 valence electrons. The van der Waals surface area contributed by atoms with Crippen LogP contribution < -0.4 is 11.2 Å². The van der Waals surface area contributed by atoms with Crippen LogP contribution in [0.5, 0.6) is 0 Å². The van der Waals surface area contributed by atoms with Gasteiger partial charge in [-0.2, -0.15) is 13.2 Å². The van der Waals surface area contributed by atoms with E-state index in [1.54, 1.807) is 4.98 Å². The Morgan fingerprint density at radius 3 is 2.62 bits per heavy atom. The molecular formula is C14H17F3N2O7. The fourth-order valence-corrected chi connectivity index (χ4v) is 2.63. The quantitative estimate of drug-likeness (QED) is 0.516. The average Bonchev–Trinajstić information content (AvgIpc) is 2.71. The Labute approximate surface area is 143 Å². The minimum absolute atomic E-state index is 0.133. The second-order valence-corrected chi connectivity index (χ2v) is 6.01. The lowest BCUT2D eigenvalue weighted by atomic mass is 10.00. The Balaban J connectivity index is 2.36. The number of aromatic amines is 1. The van der Waals surface area contributed by atoms with Gasteiger partial charge in [0.05, 0.1) is 6.10 Å². The van der Waals surface area contributed by atoms with E-state index in [2.05, 4.69) is 4.74 Å². The van der Waals surface area contributed by atoms with E-state index in [0.29, 0.717) is 6.20 Å². The number of aliphatic hydroxyl groups excluding tert-OH is 2. The van der Waals surface area contributed by atoms with Gasteiger partial charge in [-0.05, 0) is 19.8 Å². The highest BCUT2D eigenvalue weighted by Crippen LogP contribution is 2.49. The van der Waals surface area contributed by atoms with Gasteiger partial charge in [-0.15, -0.1) is 0 Å². The van der Waals surface area contributed by atoms with Crippen LogP contribution in [-0.4, -0.2) is 55.1 Å². The molecule has 1 aliphatic heterocycles. The zero-order valence-corrected chi connectivity index (χ0v) is 13.5. The summed E-state index contributed by atoms with van der Waals surface area (Å²) in [7, 11) is 0. The Kier molecular flexibility index (Phi) is 5.31. The van der Waals surface area contributed by atoms with Crippen molar-refractivity contribution in [3.63, 3.8) is 0 Å². The molecule has 1 aliphatic rings. The molecule has 12 heteroatoms. The van der Waals surface area contributed by atoms with Crippen LogP contribution in [-0.2, 0) is 15.5 Å². The first kappa shape index (κ1) is 20.1. The van der Waals surface area contributed by atoms with Gasteiger partial charge in [-0.1, -0.05) is 0 Å². The van der Waals surface area contributed by atoms with E-state index in [0.717, 1.165) is 6.92 Å². The SMILES string of the molecule is Cc1cn([C@]2(F)O[C@H](C(O)CCCC(=O)O)[C@@H](O)C2(F)F)c(=O)[nH]c1=O. The van der Waals surface area contributed by atoms with Crippen molar-refractivity contribution in [3.8, 4) is 0 Å².